The molecule has 158 valence electrons. The molecule has 0 saturated carbocycles. The van der Waals surface area contributed by atoms with Crippen molar-refractivity contribution in [3.05, 3.63) is 102 Å². The maximum atomic E-state index is 14.2. The number of aromatic nitrogens is 5. The van der Waals surface area contributed by atoms with E-state index in [4.69, 9.17) is 4.98 Å². The molecular formula is C25H19F2N5. The van der Waals surface area contributed by atoms with Crippen LogP contribution in [-0.4, -0.2) is 24.5 Å². The third-order valence-electron chi connectivity index (χ3n) is 5.56. The van der Waals surface area contributed by atoms with Gasteiger partial charge in [-0.1, -0.05) is 12.1 Å². The Balaban J connectivity index is 1.56. The summed E-state index contributed by atoms with van der Waals surface area (Å²) >= 11 is 0. The van der Waals surface area contributed by atoms with E-state index in [9.17, 15) is 8.78 Å². The first-order valence-corrected chi connectivity index (χ1v) is 10.1. The number of halogens is 2. The first-order chi connectivity index (χ1) is 15.4. The largest absolute Gasteiger partial charge is 0.300 e. The van der Waals surface area contributed by atoms with Gasteiger partial charge in [0.15, 0.2) is 0 Å². The van der Waals surface area contributed by atoms with Crippen LogP contribution < -0.4 is 0 Å². The van der Waals surface area contributed by atoms with Crippen molar-refractivity contribution in [1.29, 1.82) is 0 Å². The molecule has 5 aromatic rings. The van der Waals surface area contributed by atoms with E-state index in [1.165, 1.54) is 6.07 Å². The molecule has 0 spiro atoms. The average Bonchev–Trinajstić information content (AvgIpc) is 3.23. The van der Waals surface area contributed by atoms with Gasteiger partial charge in [-0.15, -0.1) is 0 Å². The van der Waals surface area contributed by atoms with Crippen LogP contribution in [0.1, 0.15) is 25.2 Å². The van der Waals surface area contributed by atoms with Crippen LogP contribution in [0, 0.1) is 11.9 Å². The summed E-state index contributed by atoms with van der Waals surface area (Å²) in [6, 6.07) is 19.5. The highest BCUT2D eigenvalue weighted by atomic mass is 19.1. The molecule has 0 fully saturated rings. The smallest absolute Gasteiger partial charge is 0.224 e. The first-order valence-electron chi connectivity index (χ1n) is 10.1. The van der Waals surface area contributed by atoms with Gasteiger partial charge in [-0.2, -0.15) is 13.8 Å². The Hall–Kier alpha value is -4.00. The molecule has 5 aromatic heterocycles. The predicted molar refractivity (Wildman–Crippen MR) is 118 cm³/mol. The third-order valence-corrected chi connectivity index (χ3v) is 5.56. The summed E-state index contributed by atoms with van der Waals surface area (Å²) in [5.41, 5.74) is 3.34. The minimum atomic E-state index is -0.888. The summed E-state index contributed by atoms with van der Waals surface area (Å²) in [7, 11) is 0. The van der Waals surface area contributed by atoms with E-state index < -0.39 is 17.3 Å². The molecule has 0 aliphatic carbocycles. The van der Waals surface area contributed by atoms with E-state index in [0.717, 1.165) is 28.6 Å². The molecule has 0 bridgehead atoms. The van der Waals surface area contributed by atoms with Gasteiger partial charge in [0.05, 0.1) is 33.7 Å². The molecule has 0 aromatic carbocycles. The molecule has 0 amide bonds. The van der Waals surface area contributed by atoms with Crippen LogP contribution in [0.3, 0.4) is 0 Å². The van der Waals surface area contributed by atoms with Crippen LogP contribution in [0.4, 0.5) is 8.78 Å². The highest BCUT2D eigenvalue weighted by Crippen LogP contribution is 2.31. The van der Waals surface area contributed by atoms with E-state index in [1.54, 1.807) is 18.3 Å². The normalized spacial score (nSPS) is 11.8. The Bertz CT molecular complexity index is 1440. The van der Waals surface area contributed by atoms with Crippen molar-refractivity contribution < 1.29 is 8.78 Å². The Labute approximate surface area is 183 Å². The Morgan fingerprint density at radius 1 is 0.781 bits per heavy atom. The minimum Gasteiger partial charge on any atom is -0.300 e. The van der Waals surface area contributed by atoms with Crippen molar-refractivity contribution in [1.82, 2.24) is 24.5 Å². The number of hydrogen-bond donors (Lipinski definition) is 0. The van der Waals surface area contributed by atoms with E-state index >= 15 is 0 Å². The number of rotatable bonds is 4. The summed E-state index contributed by atoms with van der Waals surface area (Å²) in [6.07, 6.45) is 3.71. The van der Waals surface area contributed by atoms with Crippen molar-refractivity contribution in [2.75, 3.05) is 0 Å². The van der Waals surface area contributed by atoms with Gasteiger partial charge in [0, 0.05) is 17.8 Å². The fraction of sp³-hybridized carbons (Fsp3) is 0.120. The molecule has 5 heterocycles. The van der Waals surface area contributed by atoms with Crippen molar-refractivity contribution in [2.24, 2.45) is 0 Å². The van der Waals surface area contributed by atoms with E-state index in [1.807, 2.05) is 67.1 Å². The van der Waals surface area contributed by atoms with Crippen molar-refractivity contribution in [3.63, 3.8) is 0 Å². The standard InChI is InChI=1S/C25H19F2N5/c1-25(2,20-8-3-6-17(29-20)16-11-12-22(26)31-24(16)27)21-9-4-10-23(30-21)32-15-13-18-19(32)7-5-14-28-18/h3-15H,1-2H3. The molecule has 0 aliphatic heterocycles. The quantitative estimate of drug-likeness (QED) is 0.356. The lowest BCUT2D eigenvalue weighted by atomic mass is 9.84. The molecule has 7 heteroatoms. The summed E-state index contributed by atoms with van der Waals surface area (Å²) < 4.78 is 29.4. The lowest BCUT2D eigenvalue weighted by Gasteiger charge is -2.25. The van der Waals surface area contributed by atoms with Crippen LogP contribution >= 0.6 is 0 Å². The second kappa shape index (κ2) is 7.60. The van der Waals surface area contributed by atoms with Crippen molar-refractivity contribution >= 4 is 11.0 Å². The van der Waals surface area contributed by atoms with Gasteiger partial charge >= 0.3 is 0 Å². The molecule has 0 N–H and O–H groups in total. The van der Waals surface area contributed by atoms with Crippen LogP contribution in [0.15, 0.2) is 79.1 Å². The number of hydrogen-bond acceptors (Lipinski definition) is 4. The zero-order chi connectivity index (χ0) is 22.3. The van der Waals surface area contributed by atoms with E-state index in [0.29, 0.717) is 11.4 Å². The van der Waals surface area contributed by atoms with Crippen molar-refractivity contribution in [3.8, 4) is 17.1 Å². The molecule has 32 heavy (non-hydrogen) atoms. The van der Waals surface area contributed by atoms with Gasteiger partial charge in [0.1, 0.15) is 5.82 Å². The van der Waals surface area contributed by atoms with Gasteiger partial charge < -0.3 is 0 Å². The first kappa shape index (κ1) is 19.9. The van der Waals surface area contributed by atoms with Gasteiger partial charge in [-0.05, 0) is 68.4 Å². The Morgan fingerprint density at radius 2 is 1.56 bits per heavy atom. The summed E-state index contributed by atoms with van der Waals surface area (Å²) in [4.78, 5) is 17.2. The lowest BCUT2D eigenvalue weighted by molar-refractivity contribution is 0.514. The maximum Gasteiger partial charge on any atom is 0.224 e. The monoisotopic (exact) mass is 427 g/mol. The Kier molecular flexibility index (Phi) is 4.74. The highest BCUT2D eigenvalue weighted by Gasteiger charge is 2.27. The van der Waals surface area contributed by atoms with Crippen LogP contribution in [0.25, 0.3) is 28.1 Å². The van der Waals surface area contributed by atoms with Crippen molar-refractivity contribution in [2.45, 2.75) is 19.3 Å². The maximum absolute atomic E-state index is 14.2. The second-order valence-electron chi connectivity index (χ2n) is 7.98. The summed E-state index contributed by atoms with van der Waals surface area (Å²) in [6.45, 7) is 4.03. The summed E-state index contributed by atoms with van der Waals surface area (Å²) in [5, 5.41) is 0. The Morgan fingerprint density at radius 3 is 2.38 bits per heavy atom. The second-order valence-corrected chi connectivity index (χ2v) is 7.98. The predicted octanol–water partition coefficient (Wildman–Crippen LogP) is 5.48. The fourth-order valence-electron chi connectivity index (χ4n) is 3.74. The molecule has 5 rings (SSSR count). The molecular weight excluding hydrogens is 408 g/mol. The summed E-state index contributed by atoms with van der Waals surface area (Å²) in [5.74, 6) is -0.985. The van der Waals surface area contributed by atoms with Crippen LogP contribution in [0.5, 0.6) is 0 Å². The molecule has 0 atom stereocenters. The molecule has 0 unspecified atom stereocenters. The van der Waals surface area contributed by atoms with Crippen LogP contribution in [-0.2, 0) is 5.41 Å². The van der Waals surface area contributed by atoms with E-state index in [2.05, 4.69) is 15.0 Å². The number of pyridine rings is 4. The minimum absolute atomic E-state index is 0.150. The lowest BCUT2D eigenvalue weighted by Crippen LogP contribution is -2.23. The number of nitrogens with zero attached hydrogens (tertiary/aromatic N) is 5. The zero-order valence-electron chi connectivity index (χ0n) is 17.5. The van der Waals surface area contributed by atoms with Gasteiger partial charge in [-0.3, -0.25) is 14.5 Å². The zero-order valence-corrected chi connectivity index (χ0v) is 17.5. The number of fused-ring (bicyclic) bond motifs is 1. The van der Waals surface area contributed by atoms with E-state index in [-0.39, 0.29) is 5.56 Å². The van der Waals surface area contributed by atoms with Crippen LogP contribution in [0.2, 0.25) is 0 Å². The fourth-order valence-corrected chi connectivity index (χ4v) is 3.74. The third kappa shape index (κ3) is 3.41. The molecule has 0 aliphatic rings. The van der Waals surface area contributed by atoms with Gasteiger partial charge in [0.25, 0.3) is 0 Å². The molecule has 0 saturated heterocycles. The SMILES string of the molecule is CC(C)(c1cccc(-c2ccc(F)nc2F)n1)c1cccc(-n2ccc3ncccc32)n1. The van der Waals surface area contributed by atoms with Gasteiger partial charge in [0.2, 0.25) is 11.9 Å². The average molecular weight is 427 g/mol. The molecule has 5 nitrogen and oxygen atoms in total. The topological polar surface area (TPSA) is 56.5 Å². The van der Waals surface area contributed by atoms with Gasteiger partial charge in [-0.25, -0.2) is 4.98 Å². The highest BCUT2D eigenvalue weighted by molar-refractivity contribution is 5.77. The molecule has 0 radical (unpaired) electrons.